The Morgan fingerprint density at radius 2 is 2.10 bits per heavy atom. The van der Waals surface area contributed by atoms with Crippen molar-refractivity contribution in [3.05, 3.63) is 72.4 Å². The molecule has 0 radical (unpaired) electrons. The number of hydrogen-bond acceptors (Lipinski definition) is 3. The molecule has 0 saturated heterocycles. The predicted octanol–water partition coefficient (Wildman–Crippen LogP) is 4.09. The summed E-state index contributed by atoms with van der Waals surface area (Å²) in [6, 6.07) is 14.4. The van der Waals surface area contributed by atoms with Crippen molar-refractivity contribution >= 4 is 5.69 Å². The van der Waals surface area contributed by atoms with Crippen molar-refractivity contribution in [2.24, 2.45) is 0 Å². The molecule has 0 fully saturated rings. The number of furan rings is 1. The van der Waals surface area contributed by atoms with Gasteiger partial charge >= 0.3 is 0 Å². The number of nitrogens with zero attached hydrogens (tertiary/aromatic N) is 2. The lowest BCUT2D eigenvalue weighted by molar-refractivity contribution is 0.473. The molecule has 0 bridgehead atoms. The van der Waals surface area contributed by atoms with Crippen molar-refractivity contribution in [1.29, 1.82) is 0 Å². The van der Waals surface area contributed by atoms with Gasteiger partial charge in [0.1, 0.15) is 5.76 Å². The van der Waals surface area contributed by atoms with Crippen LogP contribution in [0.4, 0.5) is 5.69 Å². The van der Waals surface area contributed by atoms with Gasteiger partial charge in [-0.1, -0.05) is 25.1 Å². The molecule has 0 saturated carbocycles. The fourth-order valence-corrected chi connectivity index (χ4v) is 2.42. The lowest BCUT2D eigenvalue weighted by Gasteiger charge is -2.19. The normalized spacial score (nSPS) is 12.2. The maximum atomic E-state index is 5.52. The second-order valence-electron chi connectivity index (χ2n) is 4.98. The largest absolute Gasteiger partial charge is 0.467 e. The molecular formula is C17H19N3O. The van der Waals surface area contributed by atoms with Crippen LogP contribution in [0.2, 0.25) is 0 Å². The van der Waals surface area contributed by atoms with Gasteiger partial charge in [-0.05, 0) is 36.2 Å². The molecule has 108 valence electrons. The number of rotatable bonds is 6. The zero-order chi connectivity index (χ0) is 14.5. The Hall–Kier alpha value is -2.49. The van der Waals surface area contributed by atoms with Crippen LogP contribution in [0.3, 0.4) is 0 Å². The van der Waals surface area contributed by atoms with Crippen LogP contribution in [0.25, 0.3) is 0 Å². The fraction of sp³-hybridized carbons (Fsp3) is 0.235. The van der Waals surface area contributed by atoms with Crippen LogP contribution in [0, 0.1) is 0 Å². The first-order chi connectivity index (χ1) is 10.4. The summed E-state index contributed by atoms with van der Waals surface area (Å²) in [7, 11) is 0. The highest BCUT2D eigenvalue weighted by Crippen LogP contribution is 2.25. The van der Waals surface area contributed by atoms with Crippen LogP contribution in [0.1, 0.15) is 30.7 Å². The molecule has 0 amide bonds. The highest BCUT2D eigenvalue weighted by Gasteiger charge is 2.13. The Kier molecular flexibility index (Phi) is 4.05. The Labute approximate surface area is 124 Å². The predicted molar refractivity (Wildman–Crippen MR) is 83.1 cm³/mol. The smallest absolute Gasteiger partial charge is 0.125 e. The van der Waals surface area contributed by atoms with E-state index in [0.717, 1.165) is 24.4 Å². The molecule has 2 heterocycles. The maximum absolute atomic E-state index is 5.52. The standard InChI is InChI=1S/C17H19N3O/c1-2-15(17-9-5-12-21-17)19-16-8-4-3-7-14(16)13-20-11-6-10-18-20/h3-12,15,19H,2,13H2,1H3. The molecule has 1 N–H and O–H groups in total. The summed E-state index contributed by atoms with van der Waals surface area (Å²) < 4.78 is 7.45. The molecule has 21 heavy (non-hydrogen) atoms. The Balaban J connectivity index is 1.81. The van der Waals surface area contributed by atoms with Gasteiger partial charge in [0.05, 0.1) is 18.8 Å². The monoisotopic (exact) mass is 281 g/mol. The summed E-state index contributed by atoms with van der Waals surface area (Å²) in [5.74, 6) is 0.964. The van der Waals surface area contributed by atoms with Crippen LogP contribution < -0.4 is 5.32 Å². The first-order valence-corrected chi connectivity index (χ1v) is 7.22. The molecule has 4 nitrogen and oxygen atoms in total. The van der Waals surface area contributed by atoms with Crippen molar-refractivity contribution in [2.75, 3.05) is 5.32 Å². The molecule has 0 aliphatic rings. The van der Waals surface area contributed by atoms with Crippen LogP contribution in [-0.2, 0) is 6.54 Å². The van der Waals surface area contributed by atoms with Crippen LogP contribution in [-0.4, -0.2) is 9.78 Å². The van der Waals surface area contributed by atoms with E-state index in [1.165, 1.54) is 5.56 Å². The van der Waals surface area contributed by atoms with Gasteiger partial charge in [0.2, 0.25) is 0 Å². The highest BCUT2D eigenvalue weighted by molar-refractivity contribution is 5.52. The van der Waals surface area contributed by atoms with Crippen molar-refractivity contribution < 1.29 is 4.42 Å². The van der Waals surface area contributed by atoms with E-state index in [4.69, 9.17) is 4.42 Å². The Bertz CT molecular complexity index is 659. The van der Waals surface area contributed by atoms with Gasteiger partial charge in [-0.3, -0.25) is 4.68 Å². The number of benzene rings is 1. The molecular weight excluding hydrogens is 262 g/mol. The van der Waals surface area contributed by atoms with Gasteiger partial charge in [0, 0.05) is 18.1 Å². The van der Waals surface area contributed by atoms with E-state index in [9.17, 15) is 0 Å². The summed E-state index contributed by atoms with van der Waals surface area (Å²) in [5, 5.41) is 7.85. The van der Waals surface area contributed by atoms with E-state index < -0.39 is 0 Å². The molecule has 1 unspecified atom stereocenters. The van der Waals surface area contributed by atoms with Gasteiger partial charge in [-0.2, -0.15) is 5.10 Å². The number of hydrogen-bond donors (Lipinski definition) is 1. The van der Waals surface area contributed by atoms with Gasteiger partial charge < -0.3 is 9.73 Å². The van der Waals surface area contributed by atoms with Gasteiger partial charge in [-0.15, -0.1) is 0 Å². The molecule has 0 aliphatic heterocycles. The molecule has 2 aromatic heterocycles. The minimum atomic E-state index is 0.179. The molecule has 4 heteroatoms. The Morgan fingerprint density at radius 3 is 2.81 bits per heavy atom. The zero-order valence-electron chi connectivity index (χ0n) is 12.1. The first kappa shape index (κ1) is 13.5. The first-order valence-electron chi connectivity index (χ1n) is 7.22. The third-order valence-electron chi connectivity index (χ3n) is 3.53. The van der Waals surface area contributed by atoms with E-state index in [0.29, 0.717) is 0 Å². The van der Waals surface area contributed by atoms with E-state index in [1.807, 2.05) is 35.1 Å². The Morgan fingerprint density at radius 1 is 1.19 bits per heavy atom. The van der Waals surface area contributed by atoms with E-state index in [2.05, 4.69) is 35.5 Å². The fourth-order valence-electron chi connectivity index (χ4n) is 2.42. The zero-order valence-corrected chi connectivity index (χ0v) is 12.1. The molecule has 3 aromatic rings. The maximum Gasteiger partial charge on any atom is 0.125 e. The molecule has 0 aliphatic carbocycles. The summed E-state index contributed by atoms with van der Waals surface area (Å²) in [5.41, 5.74) is 2.34. The minimum absolute atomic E-state index is 0.179. The minimum Gasteiger partial charge on any atom is -0.467 e. The lowest BCUT2D eigenvalue weighted by atomic mass is 10.1. The van der Waals surface area contributed by atoms with Crippen LogP contribution in [0.5, 0.6) is 0 Å². The second-order valence-corrected chi connectivity index (χ2v) is 4.98. The third-order valence-corrected chi connectivity index (χ3v) is 3.53. The van der Waals surface area contributed by atoms with Gasteiger partial charge in [0.15, 0.2) is 0 Å². The average molecular weight is 281 g/mol. The number of para-hydroxylation sites is 1. The summed E-state index contributed by atoms with van der Waals surface area (Å²) in [6.45, 7) is 2.90. The van der Waals surface area contributed by atoms with Crippen molar-refractivity contribution in [3.63, 3.8) is 0 Å². The van der Waals surface area contributed by atoms with E-state index in [-0.39, 0.29) is 6.04 Å². The molecule has 1 atom stereocenters. The number of aromatic nitrogens is 2. The van der Waals surface area contributed by atoms with Crippen molar-refractivity contribution in [2.45, 2.75) is 25.9 Å². The lowest BCUT2D eigenvalue weighted by Crippen LogP contribution is -2.11. The number of nitrogens with one attached hydrogen (secondary N) is 1. The molecule has 3 rings (SSSR count). The van der Waals surface area contributed by atoms with Gasteiger partial charge in [-0.25, -0.2) is 0 Å². The summed E-state index contributed by atoms with van der Waals surface area (Å²) in [4.78, 5) is 0. The van der Waals surface area contributed by atoms with Crippen molar-refractivity contribution in [1.82, 2.24) is 9.78 Å². The third kappa shape index (κ3) is 3.16. The number of anilines is 1. The van der Waals surface area contributed by atoms with Gasteiger partial charge in [0.25, 0.3) is 0 Å². The summed E-state index contributed by atoms with van der Waals surface area (Å²) >= 11 is 0. The highest BCUT2D eigenvalue weighted by atomic mass is 16.3. The van der Waals surface area contributed by atoms with Crippen LogP contribution in [0.15, 0.2) is 65.5 Å². The average Bonchev–Trinajstić information content (AvgIpc) is 3.19. The van der Waals surface area contributed by atoms with E-state index in [1.54, 1.807) is 12.5 Å². The second kappa shape index (κ2) is 6.31. The summed E-state index contributed by atoms with van der Waals surface area (Å²) in [6.07, 6.45) is 6.45. The molecule has 0 spiro atoms. The molecule has 1 aromatic carbocycles. The quantitative estimate of drug-likeness (QED) is 0.740. The van der Waals surface area contributed by atoms with Crippen molar-refractivity contribution in [3.8, 4) is 0 Å². The topological polar surface area (TPSA) is 43.0 Å². The SMILES string of the molecule is CCC(Nc1ccccc1Cn1cccn1)c1ccco1. The van der Waals surface area contributed by atoms with Crippen LogP contribution >= 0.6 is 0 Å². The van der Waals surface area contributed by atoms with E-state index >= 15 is 0 Å².